The third kappa shape index (κ3) is 3.38. The molecule has 0 N–H and O–H groups in total. The van der Waals surface area contributed by atoms with Gasteiger partial charge in [0.15, 0.2) is 0 Å². The molecule has 2 aliphatic rings. The molecule has 0 aromatic heterocycles. The summed E-state index contributed by atoms with van der Waals surface area (Å²) in [5.74, 6) is 0.700. The van der Waals surface area contributed by atoms with E-state index in [1.54, 1.807) is 0 Å². The highest BCUT2D eigenvalue weighted by Crippen LogP contribution is 2.21. The Hall–Kier alpha value is -2.10. The van der Waals surface area contributed by atoms with Gasteiger partial charge in [-0.1, -0.05) is 30.4 Å². The molecule has 22 heavy (non-hydrogen) atoms. The summed E-state index contributed by atoms with van der Waals surface area (Å²) in [4.78, 5) is 28.4. The maximum absolute atomic E-state index is 12.4. The lowest BCUT2D eigenvalue weighted by Crippen LogP contribution is -2.50. The molecule has 1 atom stereocenters. The van der Waals surface area contributed by atoms with Crippen LogP contribution in [-0.4, -0.2) is 47.8 Å². The second-order valence-corrected chi connectivity index (χ2v) is 6.01. The van der Waals surface area contributed by atoms with Crippen molar-refractivity contribution < 1.29 is 9.59 Å². The first-order valence-corrected chi connectivity index (χ1v) is 8.03. The number of carbonyl (C=O) groups is 2. The van der Waals surface area contributed by atoms with Gasteiger partial charge in [-0.05, 0) is 30.9 Å². The van der Waals surface area contributed by atoms with Crippen LogP contribution in [0.2, 0.25) is 0 Å². The predicted octanol–water partition coefficient (Wildman–Crippen LogP) is 2.33. The molecule has 1 saturated heterocycles. The van der Waals surface area contributed by atoms with Crippen molar-refractivity contribution in [1.82, 2.24) is 9.80 Å². The van der Waals surface area contributed by atoms with Crippen molar-refractivity contribution in [2.24, 2.45) is 5.92 Å². The van der Waals surface area contributed by atoms with Crippen LogP contribution in [0.15, 0.2) is 42.5 Å². The second kappa shape index (κ2) is 6.77. The number of benzene rings is 1. The first-order chi connectivity index (χ1) is 10.7. The lowest BCUT2D eigenvalue weighted by molar-refractivity contribution is -0.133. The largest absolute Gasteiger partial charge is 0.339 e. The van der Waals surface area contributed by atoms with Crippen LogP contribution >= 0.6 is 0 Å². The van der Waals surface area contributed by atoms with E-state index in [2.05, 4.69) is 12.2 Å². The fourth-order valence-corrected chi connectivity index (χ4v) is 3.14. The summed E-state index contributed by atoms with van der Waals surface area (Å²) < 4.78 is 0. The van der Waals surface area contributed by atoms with Gasteiger partial charge in [0.25, 0.3) is 5.91 Å². The minimum absolute atomic E-state index is 0.0615. The molecule has 1 aliphatic carbocycles. The van der Waals surface area contributed by atoms with Gasteiger partial charge in [-0.2, -0.15) is 0 Å². The Morgan fingerprint density at radius 2 is 1.68 bits per heavy atom. The number of nitrogens with zero attached hydrogens (tertiary/aromatic N) is 2. The highest BCUT2D eigenvalue weighted by molar-refractivity contribution is 5.94. The standard InChI is InChI=1S/C18H22N2O2/c21-17(14-15-6-4-5-7-15)19-10-12-20(13-11-19)18(22)16-8-2-1-3-9-16/h1-4,6,8-9,15H,5,7,10-14H2. The van der Waals surface area contributed by atoms with Crippen LogP contribution in [0.1, 0.15) is 29.6 Å². The third-order valence-electron chi connectivity index (χ3n) is 4.49. The van der Waals surface area contributed by atoms with Crippen LogP contribution in [0.5, 0.6) is 0 Å². The minimum Gasteiger partial charge on any atom is -0.339 e. The number of hydrogen-bond donors (Lipinski definition) is 0. The number of piperazine rings is 1. The number of rotatable bonds is 3. The van der Waals surface area contributed by atoms with E-state index in [0.29, 0.717) is 38.5 Å². The van der Waals surface area contributed by atoms with E-state index in [4.69, 9.17) is 0 Å². The van der Waals surface area contributed by atoms with Gasteiger partial charge >= 0.3 is 0 Å². The van der Waals surface area contributed by atoms with Gasteiger partial charge in [-0.3, -0.25) is 9.59 Å². The molecule has 1 fully saturated rings. The smallest absolute Gasteiger partial charge is 0.253 e. The van der Waals surface area contributed by atoms with E-state index in [1.807, 2.05) is 40.1 Å². The Balaban J connectivity index is 1.50. The Morgan fingerprint density at radius 1 is 1.00 bits per heavy atom. The van der Waals surface area contributed by atoms with Gasteiger partial charge < -0.3 is 9.80 Å². The summed E-state index contributed by atoms with van der Waals surface area (Å²) in [6, 6.07) is 9.34. The molecule has 0 bridgehead atoms. The topological polar surface area (TPSA) is 40.6 Å². The Morgan fingerprint density at radius 3 is 2.32 bits per heavy atom. The summed E-state index contributed by atoms with van der Waals surface area (Å²) in [5, 5.41) is 0. The monoisotopic (exact) mass is 298 g/mol. The molecule has 1 unspecified atom stereocenters. The molecule has 116 valence electrons. The van der Waals surface area contributed by atoms with Crippen LogP contribution < -0.4 is 0 Å². The number of hydrogen-bond acceptors (Lipinski definition) is 2. The molecule has 1 aliphatic heterocycles. The number of amides is 2. The highest BCUT2D eigenvalue weighted by Gasteiger charge is 2.26. The zero-order valence-corrected chi connectivity index (χ0v) is 12.8. The summed E-state index contributed by atoms with van der Waals surface area (Å²) in [7, 11) is 0. The van der Waals surface area contributed by atoms with Gasteiger partial charge in [-0.15, -0.1) is 0 Å². The molecule has 1 heterocycles. The van der Waals surface area contributed by atoms with Crippen LogP contribution in [-0.2, 0) is 4.79 Å². The van der Waals surface area contributed by atoms with E-state index in [1.165, 1.54) is 0 Å². The molecule has 3 rings (SSSR count). The van der Waals surface area contributed by atoms with Crippen molar-refractivity contribution in [1.29, 1.82) is 0 Å². The number of carbonyl (C=O) groups excluding carboxylic acids is 2. The van der Waals surface area contributed by atoms with Crippen molar-refractivity contribution in [2.45, 2.75) is 19.3 Å². The molecule has 0 radical (unpaired) electrons. The molecule has 0 saturated carbocycles. The van der Waals surface area contributed by atoms with E-state index in [-0.39, 0.29) is 11.8 Å². The van der Waals surface area contributed by atoms with Crippen LogP contribution in [0.3, 0.4) is 0 Å². The van der Waals surface area contributed by atoms with Crippen molar-refractivity contribution in [3.63, 3.8) is 0 Å². The van der Waals surface area contributed by atoms with E-state index in [9.17, 15) is 9.59 Å². The van der Waals surface area contributed by atoms with Gasteiger partial charge in [0.1, 0.15) is 0 Å². The first kappa shape index (κ1) is 14.8. The zero-order chi connectivity index (χ0) is 15.4. The van der Waals surface area contributed by atoms with Gasteiger partial charge in [-0.25, -0.2) is 0 Å². The second-order valence-electron chi connectivity index (χ2n) is 6.01. The third-order valence-corrected chi connectivity index (χ3v) is 4.49. The van der Waals surface area contributed by atoms with E-state index >= 15 is 0 Å². The average Bonchev–Trinajstić information content (AvgIpc) is 3.08. The van der Waals surface area contributed by atoms with Gasteiger partial charge in [0.05, 0.1) is 0 Å². The van der Waals surface area contributed by atoms with Gasteiger partial charge in [0, 0.05) is 38.2 Å². The lowest BCUT2D eigenvalue weighted by Gasteiger charge is -2.35. The molecular weight excluding hydrogens is 276 g/mol. The Bertz CT molecular complexity index is 560. The summed E-state index contributed by atoms with van der Waals surface area (Å²) >= 11 is 0. The fraction of sp³-hybridized carbons (Fsp3) is 0.444. The normalized spacial score (nSPS) is 21.2. The molecule has 1 aromatic rings. The highest BCUT2D eigenvalue weighted by atomic mass is 16.2. The summed E-state index contributed by atoms with van der Waals surface area (Å²) in [6.07, 6.45) is 7.13. The molecule has 4 heteroatoms. The van der Waals surface area contributed by atoms with Crippen LogP contribution in [0.4, 0.5) is 0 Å². The van der Waals surface area contributed by atoms with Crippen LogP contribution in [0, 0.1) is 5.92 Å². The predicted molar refractivity (Wildman–Crippen MR) is 85.4 cm³/mol. The average molecular weight is 298 g/mol. The quantitative estimate of drug-likeness (QED) is 0.804. The molecule has 1 aromatic carbocycles. The maximum Gasteiger partial charge on any atom is 0.253 e. The summed E-state index contributed by atoms with van der Waals surface area (Å²) in [6.45, 7) is 2.54. The van der Waals surface area contributed by atoms with Gasteiger partial charge in [0.2, 0.25) is 5.91 Å². The zero-order valence-electron chi connectivity index (χ0n) is 12.8. The molecule has 0 spiro atoms. The first-order valence-electron chi connectivity index (χ1n) is 8.03. The SMILES string of the molecule is O=C(CC1C=CCC1)N1CCN(C(=O)c2ccccc2)CC1. The Kier molecular flexibility index (Phi) is 4.56. The lowest BCUT2D eigenvalue weighted by atomic mass is 10.0. The van der Waals surface area contributed by atoms with Crippen molar-refractivity contribution in [3.8, 4) is 0 Å². The summed E-state index contributed by atoms with van der Waals surface area (Å²) in [5.41, 5.74) is 0.721. The van der Waals surface area contributed by atoms with Crippen molar-refractivity contribution in [2.75, 3.05) is 26.2 Å². The van der Waals surface area contributed by atoms with Crippen molar-refractivity contribution in [3.05, 3.63) is 48.0 Å². The Labute approximate surface area is 131 Å². The van der Waals surface area contributed by atoms with Crippen LogP contribution in [0.25, 0.3) is 0 Å². The molecule has 2 amide bonds. The minimum atomic E-state index is 0.0615. The van der Waals surface area contributed by atoms with E-state index in [0.717, 1.165) is 18.4 Å². The van der Waals surface area contributed by atoms with E-state index < -0.39 is 0 Å². The molecule has 4 nitrogen and oxygen atoms in total. The molecular formula is C18H22N2O2. The maximum atomic E-state index is 12.4. The van der Waals surface area contributed by atoms with Crippen molar-refractivity contribution >= 4 is 11.8 Å². The number of allylic oxidation sites excluding steroid dienone is 2. The fourth-order valence-electron chi connectivity index (χ4n) is 3.14.